The Morgan fingerprint density at radius 3 is 2.83 bits per heavy atom. The molecule has 0 radical (unpaired) electrons. The highest BCUT2D eigenvalue weighted by atomic mass is 32.2. The minimum atomic E-state index is -0.354. The molecule has 2 heterocycles. The summed E-state index contributed by atoms with van der Waals surface area (Å²) in [5.74, 6) is -0.0925. The SMILES string of the molecule is C[C@H](Sc1nnnn1C[C@@H]1CCCO1)C(=O)Nc1ccccc1-c1ccccc1. The van der Waals surface area contributed by atoms with Crippen LogP contribution in [-0.4, -0.2) is 44.1 Å². The maximum Gasteiger partial charge on any atom is 0.237 e. The summed E-state index contributed by atoms with van der Waals surface area (Å²) in [7, 11) is 0. The Balaban J connectivity index is 1.43. The molecular formula is C21H23N5O2S. The van der Waals surface area contributed by atoms with Crippen LogP contribution in [0.1, 0.15) is 19.8 Å². The summed E-state index contributed by atoms with van der Waals surface area (Å²) in [6.07, 6.45) is 2.21. The predicted molar refractivity (Wildman–Crippen MR) is 113 cm³/mol. The van der Waals surface area contributed by atoms with Crippen LogP contribution >= 0.6 is 11.8 Å². The van der Waals surface area contributed by atoms with E-state index in [1.54, 1.807) is 4.68 Å². The van der Waals surface area contributed by atoms with Gasteiger partial charge in [-0.25, -0.2) is 4.68 Å². The van der Waals surface area contributed by atoms with Crippen LogP contribution in [0.25, 0.3) is 11.1 Å². The Bertz CT molecular complexity index is 956. The van der Waals surface area contributed by atoms with Crippen molar-refractivity contribution < 1.29 is 9.53 Å². The van der Waals surface area contributed by atoms with Crippen LogP contribution in [0.4, 0.5) is 5.69 Å². The maximum atomic E-state index is 12.8. The molecule has 1 N–H and O–H groups in total. The molecule has 1 saturated heterocycles. The van der Waals surface area contributed by atoms with E-state index in [9.17, 15) is 4.79 Å². The van der Waals surface area contributed by atoms with E-state index in [-0.39, 0.29) is 17.3 Å². The van der Waals surface area contributed by atoms with Crippen LogP contribution in [0.15, 0.2) is 59.8 Å². The van der Waals surface area contributed by atoms with Crippen molar-refractivity contribution in [2.24, 2.45) is 0 Å². The van der Waals surface area contributed by atoms with Gasteiger partial charge in [0.1, 0.15) is 0 Å². The van der Waals surface area contributed by atoms with Gasteiger partial charge in [-0.3, -0.25) is 4.79 Å². The zero-order chi connectivity index (χ0) is 20.1. The number of anilines is 1. The molecule has 0 aliphatic carbocycles. The molecule has 0 saturated carbocycles. The molecule has 0 spiro atoms. The number of ether oxygens (including phenoxy) is 1. The number of amides is 1. The number of rotatable bonds is 7. The molecule has 2 aromatic carbocycles. The largest absolute Gasteiger partial charge is 0.376 e. The topological polar surface area (TPSA) is 81.9 Å². The van der Waals surface area contributed by atoms with Gasteiger partial charge in [-0.2, -0.15) is 0 Å². The number of carbonyl (C=O) groups excluding carboxylic acids is 1. The van der Waals surface area contributed by atoms with E-state index in [0.717, 1.165) is 36.3 Å². The third-order valence-corrected chi connectivity index (χ3v) is 5.89. The van der Waals surface area contributed by atoms with Gasteiger partial charge in [0, 0.05) is 17.9 Å². The highest BCUT2D eigenvalue weighted by molar-refractivity contribution is 8.00. The van der Waals surface area contributed by atoms with Gasteiger partial charge in [-0.05, 0) is 41.8 Å². The normalized spacial score (nSPS) is 17.2. The van der Waals surface area contributed by atoms with E-state index in [2.05, 4.69) is 20.8 Å². The summed E-state index contributed by atoms with van der Waals surface area (Å²) in [5, 5.41) is 15.2. The number of aromatic nitrogens is 4. The molecule has 1 amide bonds. The van der Waals surface area contributed by atoms with Crippen molar-refractivity contribution in [1.82, 2.24) is 20.2 Å². The molecule has 1 aliphatic heterocycles. The third kappa shape index (κ3) is 4.83. The Hall–Kier alpha value is -2.71. The van der Waals surface area contributed by atoms with Crippen molar-refractivity contribution in [3.05, 3.63) is 54.6 Å². The number of nitrogens with one attached hydrogen (secondary N) is 1. The van der Waals surface area contributed by atoms with E-state index in [1.165, 1.54) is 11.8 Å². The minimum absolute atomic E-state index is 0.0925. The number of nitrogens with zero attached hydrogens (tertiary/aromatic N) is 4. The molecule has 1 fully saturated rings. The molecular weight excluding hydrogens is 386 g/mol. The van der Waals surface area contributed by atoms with Crippen LogP contribution in [0.5, 0.6) is 0 Å². The first-order chi connectivity index (χ1) is 14.2. The quantitative estimate of drug-likeness (QED) is 0.600. The summed E-state index contributed by atoms with van der Waals surface area (Å²) in [5.41, 5.74) is 2.83. The van der Waals surface area contributed by atoms with Crippen LogP contribution < -0.4 is 5.32 Å². The summed E-state index contributed by atoms with van der Waals surface area (Å²) in [6, 6.07) is 17.8. The van der Waals surface area contributed by atoms with Crippen LogP contribution in [-0.2, 0) is 16.1 Å². The lowest BCUT2D eigenvalue weighted by Gasteiger charge is -2.15. The van der Waals surface area contributed by atoms with Gasteiger partial charge in [0.25, 0.3) is 0 Å². The standard InChI is InChI=1S/C21H23N5O2S/c1-15(29-21-23-24-25-26(21)14-17-10-7-13-28-17)20(27)22-19-12-6-5-11-18(19)16-8-3-2-4-9-16/h2-6,8-9,11-12,15,17H,7,10,13-14H2,1H3,(H,22,27)/t15-,17-/m0/s1. The molecule has 0 unspecified atom stereocenters. The van der Waals surface area contributed by atoms with Crippen molar-refractivity contribution in [1.29, 1.82) is 0 Å². The smallest absolute Gasteiger partial charge is 0.237 e. The Kier molecular flexibility index (Phi) is 6.21. The molecule has 1 aromatic heterocycles. The van der Waals surface area contributed by atoms with Crippen molar-refractivity contribution in [3.8, 4) is 11.1 Å². The number of thioether (sulfide) groups is 1. The molecule has 8 heteroatoms. The lowest BCUT2D eigenvalue weighted by Crippen LogP contribution is -2.24. The third-order valence-electron chi connectivity index (χ3n) is 4.82. The van der Waals surface area contributed by atoms with E-state index in [0.29, 0.717) is 11.7 Å². The second-order valence-corrected chi connectivity index (χ2v) is 8.25. The summed E-state index contributed by atoms with van der Waals surface area (Å²) >= 11 is 1.35. The number of hydrogen-bond donors (Lipinski definition) is 1. The van der Waals surface area contributed by atoms with E-state index < -0.39 is 0 Å². The first kappa shape index (κ1) is 19.6. The van der Waals surface area contributed by atoms with E-state index >= 15 is 0 Å². The number of para-hydroxylation sites is 1. The molecule has 2 atom stereocenters. The second-order valence-electron chi connectivity index (χ2n) is 6.94. The summed E-state index contributed by atoms with van der Waals surface area (Å²) in [6.45, 7) is 3.26. The monoisotopic (exact) mass is 409 g/mol. The average Bonchev–Trinajstić information content (AvgIpc) is 3.42. The number of hydrogen-bond acceptors (Lipinski definition) is 6. The van der Waals surface area contributed by atoms with Gasteiger partial charge >= 0.3 is 0 Å². The molecule has 7 nitrogen and oxygen atoms in total. The summed E-state index contributed by atoms with van der Waals surface area (Å²) < 4.78 is 7.39. The molecule has 3 aromatic rings. The highest BCUT2D eigenvalue weighted by Gasteiger charge is 2.22. The fourth-order valence-electron chi connectivity index (χ4n) is 3.28. The Morgan fingerprint density at radius 1 is 1.24 bits per heavy atom. The minimum Gasteiger partial charge on any atom is -0.376 e. The lowest BCUT2D eigenvalue weighted by atomic mass is 10.0. The predicted octanol–water partition coefficient (Wildman–Crippen LogP) is 3.64. The molecule has 4 rings (SSSR count). The van der Waals surface area contributed by atoms with Gasteiger partial charge in [-0.1, -0.05) is 60.3 Å². The number of carbonyl (C=O) groups is 1. The van der Waals surface area contributed by atoms with E-state index in [4.69, 9.17) is 4.74 Å². The van der Waals surface area contributed by atoms with Crippen molar-refractivity contribution in [2.75, 3.05) is 11.9 Å². The van der Waals surface area contributed by atoms with Crippen LogP contribution in [0.3, 0.4) is 0 Å². The van der Waals surface area contributed by atoms with Crippen molar-refractivity contribution in [2.45, 2.75) is 42.8 Å². The van der Waals surface area contributed by atoms with Crippen molar-refractivity contribution >= 4 is 23.4 Å². The zero-order valence-electron chi connectivity index (χ0n) is 16.2. The fourth-order valence-corrected chi connectivity index (χ4v) is 4.08. The second kappa shape index (κ2) is 9.19. The maximum absolute atomic E-state index is 12.8. The van der Waals surface area contributed by atoms with Gasteiger partial charge in [0.15, 0.2) is 0 Å². The first-order valence-electron chi connectivity index (χ1n) is 9.70. The van der Waals surface area contributed by atoms with Gasteiger partial charge < -0.3 is 10.1 Å². The van der Waals surface area contributed by atoms with Crippen LogP contribution in [0.2, 0.25) is 0 Å². The average molecular weight is 410 g/mol. The fraction of sp³-hybridized carbons (Fsp3) is 0.333. The highest BCUT2D eigenvalue weighted by Crippen LogP contribution is 2.29. The Morgan fingerprint density at radius 2 is 2.03 bits per heavy atom. The van der Waals surface area contributed by atoms with Gasteiger partial charge in [-0.15, -0.1) is 5.10 Å². The van der Waals surface area contributed by atoms with Crippen LogP contribution in [0, 0.1) is 0 Å². The Labute approximate surface area is 173 Å². The van der Waals surface area contributed by atoms with E-state index in [1.807, 2.05) is 61.5 Å². The molecule has 0 bridgehead atoms. The lowest BCUT2D eigenvalue weighted by molar-refractivity contribution is -0.115. The van der Waals surface area contributed by atoms with Gasteiger partial charge in [0.2, 0.25) is 11.1 Å². The van der Waals surface area contributed by atoms with Crippen molar-refractivity contribution in [3.63, 3.8) is 0 Å². The molecule has 150 valence electrons. The summed E-state index contributed by atoms with van der Waals surface area (Å²) in [4.78, 5) is 12.8. The molecule has 29 heavy (non-hydrogen) atoms. The molecule has 1 aliphatic rings. The number of benzene rings is 2. The zero-order valence-corrected chi connectivity index (χ0v) is 17.0. The van der Waals surface area contributed by atoms with Gasteiger partial charge in [0.05, 0.1) is 17.9 Å². The number of tetrazole rings is 1. The first-order valence-corrected chi connectivity index (χ1v) is 10.6.